The first-order valence-electron chi connectivity index (χ1n) is 7.53. The summed E-state index contributed by atoms with van der Waals surface area (Å²) in [6.45, 7) is 4.32. The molecule has 2 aromatic heterocycles. The molecule has 0 N–H and O–H groups in total. The molecule has 0 amide bonds. The number of hydrogen-bond acceptors (Lipinski definition) is 6. The van der Waals surface area contributed by atoms with Gasteiger partial charge in [-0.1, -0.05) is 5.16 Å². The lowest BCUT2D eigenvalue weighted by Gasteiger charge is -2.37. The van der Waals surface area contributed by atoms with Crippen molar-refractivity contribution in [3.8, 4) is 0 Å². The van der Waals surface area contributed by atoms with Gasteiger partial charge in [-0.05, 0) is 31.9 Å². The zero-order valence-corrected chi connectivity index (χ0v) is 12.1. The number of aromatic nitrogens is 2. The topological polar surface area (TPSA) is 64.5 Å². The second-order valence-electron chi connectivity index (χ2n) is 5.84. The Morgan fingerprint density at radius 1 is 1.38 bits per heavy atom. The normalized spacial score (nSPS) is 27.1. The highest BCUT2D eigenvalue weighted by molar-refractivity contribution is 5.07. The Hall–Kier alpha value is -1.66. The van der Waals surface area contributed by atoms with Crippen LogP contribution in [0.1, 0.15) is 49.2 Å². The van der Waals surface area contributed by atoms with Gasteiger partial charge in [0.25, 0.3) is 0 Å². The maximum absolute atomic E-state index is 5.78. The highest BCUT2D eigenvalue weighted by Gasteiger charge is 2.37. The molecule has 2 aromatic rings. The third-order valence-corrected chi connectivity index (χ3v) is 4.19. The molecule has 3 heterocycles. The summed E-state index contributed by atoms with van der Waals surface area (Å²) in [4.78, 5) is 6.88. The second-order valence-corrected chi connectivity index (χ2v) is 5.84. The third-order valence-electron chi connectivity index (χ3n) is 4.19. The molecule has 2 atom stereocenters. The molecule has 1 saturated carbocycles. The van der Waals surface area contributed by atoms with Gasteiger partial charge in [0.2, 0.25) is 5.89 Å². The largest absolute Gasteiger partial charge is 0.468 e. The van der Waals surface area contributed by atoms with Gasteiger partial charge in [0, 0.05) is 12.5 Å². The van der Waals surface area contributed by atoms with Crippen LogP contribution in [-0.4, -0.2) is 34.3 Å². The Labute approximate surface area is 123 Å². The van der Waals surface area contributed by atoms with Gasteiger partial charge in [-0.15, -0.1) is 0 Å². The van der Waals surface area contributed by atoms with Gasteiger partial charge in [0.1, 0.15) is 11.8 Å². The van der Waals surface area contributed by atoms with Gasteiger partial charge in [0.05, 0.1) is 25.5 Å². The van der Waals surface area contributed by atoms with E-state index in [0.717, 1.165) is 24.7 Å². The van der Waals surface area contributed by atoms with Gasteiger partial charge in [-0.2, -0.15) is 4.98 Å². The molecule has 6 heteroatoms. The molecule has 1 saturated heterocycles. The van der Waals surface area contributed by atoms with Crippen molar-refractivity contribution in [2.45, 2.75) is 44.4 Å². The van der Waals surface area contributed by atoms with Gasteiger partial charge in [-0.25, -0.2) is 0 Å². The third kappa shape index (κ3) is 2.61. The Bertz CT molecular complexity index is 591. The SMILES string of the molecule is C[C@H]1OCCN(Cc2ccco2)[C@@H]1c1nc(C2CC2)no1. The van der Waals surface area contributed by atoms with Gasteiger partial charge < -0.3 is 13.7 Å². The summed E-state index contributed by atoms with van der Waals surface area (Å²) in [5, 5.41) is 4.13. The molecule has 0 unspecified atom stereocenters. The van der Waals surface area contributed by atoms with E-state index in [1.165, 1.54) is 12.8 Å². The van der Waals surface area contributed by atoms with Crippen LogP contribution in [0.4, 0.5) is 0 Å². The number of morpholine rings is 1. The smallest absolute Gasteiger partial charge is 0.246 e. The van der Waals surface area contributed by atoms with E-state index in [4.69, 9.17) is 13.7 Å². The van der Waals surface area contributed by atoms with E-state index in [2.05, 4.69) is 22.0 Å². The quantitative estimate of drug-likeness (QED) is 0.861. The molecule has 112 valence electrons. The van der Waals surface area contributed by atoms with E-state index >= 15 is 0 Å². The maximum atomic E-state index is 5.78. The summed E-state index contributed by atoms with van der Waals surface area (Å²) >= 11 is 0. The predicted octanol–water partition coefficient (Wildman–Crippen LogP) is 2.50. The van der Waals surface area contributed by atoms with Crippen LogP contribution in [0.2, 0.25) is 0 Å². The van der Waals surface area contributed by atoms with Crippen molar-refractivity contribution in [1.82, 2.24) is 15.0 Å². The molecular formula is C15H19N3O3. The average Bonchev–Trinajstić information content (AvgIpc) is 2.99. The highest BCUT2D eigenvalue weighted by Crippen LogP contribution is 2.39. The monoisotopic (exact) mass is 289 g/mol. The van der Waals surface area contributed by atoms with E-state index in [1.807, 2.05) is 12.1 Å². The van der Waals surface area contributed by atoms with E-state index < -0.39 is 0 Å². The molecule has 0 spiro atoms. The minimum absolute atomic E-state index is 0.0103. The van der Waals surface area contributed by atoms with Crippen LogP contribution in [0.25, 0.3) is 0 Å². The number of rotatable bonds is 4. The van der Waals surface area contributed by atoms with Crippen LogP contribution in [0, 0.1) is 0 Å². The fourth-order valence-corrected chi connectivity index (χ4v) is 2.89. The first-order chi connectivity index (χ1) is 10.3. The summed E-state index contributed by atoms with van der Waals surface area (Å²) in [6.07, 6.45) is 4.07. The van der Waals surface area contributed by atoms with E-state index in [0.29, 0.717) is 18.4 Å². The summed E-state index contributed by atoms with van der Waals surface area (Å²) < 4.78 is 16.8. The maximum Gasteiger partial charge on any atom is 0.246 e. The molecule has 2 aliphatic rings. The molecule has 2 fully saturated rings. The Morgan fingerprint density at radius 3 is 3.05 bits per heavy atom. The summed E-state index contributed by atoms with van der Waals surface area (Å²) in [7, 11) is 0. The van der Waals surface area contributed by atoms with Crippen LogP contribution in [-0.2, 0) is 11.3 Å². The Morgan fingerprint density at radius 2 is 2.29 bits per heavy atom. The van der Waals surface area contributed by atoms with Crippen molar-refractivity contribution >= 4 is 0 Å². The summed E-state index contributed by atoms with van der Waals surface area (Å²) in [6, 6.07) is 3.89. The zero-order chi connectivity index (χ0) is 14.2. The minimum atomic E-state index is -0.0103. The molecule has 1 aliphatic carbocycles. The molecule has 4 rings (SSSR count). The van der Waals surface area contributed by atoms with Crippen molar-refractivity contribution in [1.29, 1.82) is 0 Å². The fourth-order valence-electron chi connectivity index (χ4n) is 2.89. The number of hydrogen-bond donors (Lipinski definition) is 0. The molecule has 6 nitrogen and oxygen atoms in total. The molecular weight excluding hydrogens is 270 g/mol. The Balaban J connectivity index is 1.57. The minimum Gasteiger partial charge on any atom is -0.468 e. The zero-order valence-electron chi connectivity index (χ0n) is 12.1. The molecule has 1 aliphatic heterocycles. The summed E-state index contributed by atoms with van der Waals surface area (Å²) in [5.41, 5.74) is 0. The van der Waals surface area contributed by atoms with Crippen LogP contribution >= 0.6 is 0 Å². The fraction of sp³-hybridized carbons (Fsp3) is 0.600. The van der Waals surface area contributed by atoms with E-state index in [9.17, 15) is 0 Å². The molecule has 21 heavy (non-hydrogen) atoms. The number of furan rings is 1. The lowest BCUT2D eigenvalue weighted by molar-refractivity contribution is -0.0780. The van der Waals surface area contributed by atoms with Crippen molar-refractivity contribution < 1.29 is 13.7 Å². The standard InChI is InChI=1S/C15H19N3O3/c1-10-13(15-16-14(17-21-15)11-4-5-11)18(6-8-19-10)9-12-3-2-7-20-12/h2-3,7,10-11,13H,4-6,8-9H2,1H3/t10-,13+/m1/s1. The van der Waals surface area contributed by atoms with E-state index in [-0.39, 0.29) is 12.1 Å². The summed E-state index contributed by atoms with van der Waals surface area (Å²) in [5.74, 6) is 2.95. The van der Waals surface area contributed by atoms with Gasteiger partial charge in [-0.3, -0.25) is 4.90 Å². The molecule has 0 bridgehead atoms. The van der Waals surface area contributed by atoms with E-state index in [1.54, 1.807) is 6.26 Å². The second kappa shape index (κ2) is 5.27. The number of nitrogens with zero attached hydrogens (tertiary/aromatic N) is 3. The van der Waals surface area contributed by atoms with Crippen LogP contribution < -0.4 is 0 Å². The van der Waals surface area contributed by atoms with Crippen LogP contribution in [0.15, 0.2) is 27.3 Å². The van der Waals surface area contributed by atoms with Crippen molar-refractivity contribution in [3.05, 3.63) is 35.9 Å². The van der Waals surface area contributed by atoms with Crippen LogP contribution in [0.3, 0.4) is 0 Å². The average molecular weight is 289 g/mol. The lowest BCUT2D eigenvalue weighted by Crippen LogP contribution is -2.43. The van der Waals surface area contributed by atoms with Crippen molar-refractivity contribution in [2.24, 2.45) is 0 Å². The van der Waals surface area contributed by atoms with Gasteiger partial charge in [0.15, 0.2) is 5.82 Å². The first kappa shape index (κ1) is 13.0. The number of ether oxygens (including phenoxy) is 1. The highest BCUT2D eigenvalue weighted by atomic mass is 16.5. The Kier molecular flexibility index (Phi) is 3.27. The molecule has 0 aromatic carbocycles. The van der Waals surface area contributed by atoms with Crippen molar-refractivity contribution in [3.63, 3.8) is 0 Å². The lowest BCUT2D eigenvalue weighted by atomic mass is 10.1. The van der Waals surface area contributed by atoms with Crippen LogP contribution in [0.5, 0.6) is 0 Å². The van der Waals surface area contributed by atoms with Gasteiger partial charge >= 0.3 is 0 Å². The van der Waals surface area contributed by atoms with Crippen molar-refractivity contribution in [2.75, 3.05) is 13.2 Å². The first-order valence-corrected chi connectivity index (χ1v) is 7.53. The predicted molar refractivity (Wildman–Crippen MR) is 73.5 cm³/mol. The molecule has 0 radical (unpaired) electrons.